The van der Waals surface area contributed by atoms with Gasteiger partial charge in [-0.25, -0.2) is 0 Å². The van der Waals surface area contributed by atoms with Crippen LogP contribution in [-0.4, -0.2) is 61.7 Å². The lowest BCUT2D eigenvalue weighted by molar-refractivity contribution is 0.0269. The molecule has 0 bridgehead atoms. The number of piperazine rings is 1. The van der Waals surface area contributed by atoms with Crippen LogP contribution in [0.25, 0.3) is 0 Å². The van der Waals surface area contributed by atoms with Gasteiger partial charge in [-0.05, 0) is 38.3 Å². The van der Waals surface area contributed by atoms with Crippen molar-refractivity contribution in [2.24, 2.45) is 11.8 Å². The largest absolute Gasteiger partial charge is 0.315 e. The second-order valence-electron chi connectivity index (χ2n) is 6.41. The van der Waals surface area contributed by atoms with E-state index in [9.17, 15) is 0 Å². The lowest BCUT2D eigenvalue weighted by atomic mass is 9.75. The first kappa shape index (κ1) is 14.3. The summed E-state index contributed by atoms with van der Waals surface area (Å²) in [6, 6.07) is 1.45. The molecule has 1 aliphatic carbocycles. The molecule has 0 aromatic carbocycles. The lowest BCUT2D eigenvalue weighted by Crippen LogP contribution is -2.60. The van der Waals surface area contributed by atoms with Gasteiger partial charge >= 0.3 is 0 Å². The average molecular weight is 253 g/mol. The molecule has 1 aliphatic heterocycles. The van der Waals surface area contributed by atoms with Crippen molar-refractivity contribution in [3.63, 3.8) is 0 Å². The van der Waals surface area contributed by atoms with Gasteiger partial charge in [0.25, 0.3) is 0 Å². The molecule has 0 aromatic rings. The fourth-order valence-electron chi connectivity index (χ4n) is 4.12. The lowest BCUT2D eigenvalue weighted by Gasteiger charge is -2.48. The molecule has 4 atom stereocenters. The van der Waals surface area contributed by atoms with Gasteiger partial charge in [0.2, 0.25) is 0 Å². The van der Waals surface area contributed by atoms with Crippen molar-refractivity contribution in [2.45, 2.75) is 45.7 Å². The zero-order valence-electron chi connectivity index (χ0n) is 12.7. The first-order chi connectivity index (χ1) is 8.65. The van der Waals surface area contributed by atoms with Gasteiger partial charge in [0.05, 0.1) is 0 Å². The first-order valence-corrected chi connectivity index (χ1v) is 7.79. The number of rotatable bonds is 3. The number of likely N-dealkylation sites (N-methyl/N-ethyl adjacent to an activating group) is 2. The van der Waals surface area contributed by atoms with Crippen LogP contribution in [0.3, 0.4) is 0 Å². The van der Waals surface area contributed by atoms with Crippen LogP contribution in [-0.2, 0) is 0 Å². The molecule has 2 fully saturated rings. The molecule has 0 amide bonds. The Balaban J connectivity index is 1.97. The Hall–Kier alpha value is -0.120. The van der Waals surface area contributed by atoms with E-state index in [-0.39, 0.29) is 0 Å². The third kappa shape index (κ3) is 3.06. The highest BCUT2D eigenvalue weighted by molar-refractivity contribution is 4.94. The predicted octanol–water partition coefficient (Wildman–Crippen LogP) is 1.65. The van der Waals surface area contributed by atoms with Crippen LogP contribution in [0.4, 0.5) is 0 Å². The van der Waals surface area contributed by atoms with Crippen molar-refractivity contribution < 1.29 is 0 Å². The zero-order valence-corrected chi connectivity index (χ0v) is 12.7. The summed E-state index contributed by atoms with van der Waals surface area (Å²) in [6.07, 6.45) is 2.75. The summed E-state index contributed by atoms with van der Waals surface area (Å²) in [7, 11) is 2.14. The fourth-order valence-corrected chi connectivity index (χ4v) is 4.12. The number of nitrogens with one attached hydrogen (secondary N) is 1. The van der Waals surface area contributed by atoms with E-state index < -0.39 is 0 Å². The molecule has 3 heteroatoms. The Kier molecular flexibility index (Phi) is 5.05. The monoisotopic (exact) mass is 253 g/mol. The maximum absolute atomic E-state index is 3.58. The van der Waals surface area contributed by atoms with Crippen molar-refractivity contribution in [1.29, 1.82) is 0 Å². The summed E-state index contributed by atoms with van der Waals surface area (Å²) < 4.78 is 0. The molecule has 2 aliphatic rings. The Labute approximate surface area is 113 Å². The number of hydrogen-bond donors (Lipinski definition) is 1. The van der Waals surface area contributed by atoms with E-state index in [0.29, 0.717) is 6.04 Å². The van der Waals surface area contributed by atoms with Gasteiger partial charge in [-0.15, -0.1) is 0 Å². The van der Waals surface area contributed by atoms with Crippen molar-refractivity contribution >= 4 is 0 Å². The fraction of sp³-hybridized carbons (Fsp3) is 1.00. The minimum atomic E-state index is 0.692. The van der Waals surface area contributed by atoms with E-state index in [1.165, 1.54) is 45.6 Å². The molecule has 1 saturated heterocycles. The zero-order chi connectivity index (χ0) is 13.1. The third-order valence-electron chi connectivity index (χ3n) is 5.07. The molecule has 1 heterocycles. The predicted molar refractivity (Wildman–Crippen MR) is 77.9 cm³/mol. The maximum Gasteiger partial charge on any atom is 0.0276 e. The summed E-state index contributed by atoms with van der Waals surface area (Å²) in [5, 5.41) is 3.58. The van der Waals surface area contributed by atoms with Gasteiger partial charge in [-0.1, -0.05) is 20.8 Å². The Morgan fingerprint density at radius 3 is 2.28 bits per heavy atom. The molecular weight excluding hydrogens is 222 g/mol. The highest BCUT2D eigenvalue weighted by Crippen LogP contribution is 2.32. The second-order valence-corrected chi connectivity index (χ2v) is 6.41. The second kappa shape index (κ2) is 6.36. The SMILES string of the molecule is CCN1CCN(C2C(C)CC(C)CC2NC)CC1. The summed E-state index contributed by atoms with van der Waals surface area (Å²) >= 11 is 0. The number of hydrogen-bond acceptors (Lipinski definition) is 3. The van der Waals surface area contributed by atoms with Crippen LogP contribution in [0.1, 0.15) is 33.6 Å². The smallest absolute Gasteiger partial charge is 0.0276 e. The van der Waals surface area contributed by atoms with E-state index >= 15 is 0 Å². The normalized spacial score (nSPS) is 40.0. The number of nitrogens with zero attached hydrogens (tertiary/aromatic N) is 2. The van der Waals surface area contributed by atoms with E-state index in [2.05, 4.69) is 42.9 Å². The molecule has 0 spiro atoms. The molecule has 106 valence electrons. The van der Waals surface area contributed by atoms with Crippen LogP contribution in [0.2, 0.25) is 0 Å². The minimum absolute atomic E-state index is 0.692. The molecule has 0 aromatic heterocycles. The van der Waals surface area contributed by atoms with Gasteiger partial charge in [-0.3, -0.25) is 4.90 Å². The Morgan fingerprint density at radius 1 is 1.06 bits per heavy atom. The summed E-state index contributed by atoms with van der Waals surface area (Å²) in [5.41, 5.74) is 0. The highest BCUT2D eigenvalue weighted by Gasteiger charge is 2.37. The first-order valence-electron chi connectivity index (χ1n) is 7.79. The van der Waals surface area contributed by atoms with Crippen LogP contribution < -0.4 is 5.32 Å². The van der Waals surface area contributed by atoms with Crippen LogP contribution in [0, 0.1) is 11.8 Å². The van der Waals surface area contributed by atoms with Crippen molar-refractivity contribution in [1.82, 2.24) is 15.1 Å². The molecule has 4 unspecified atom stereocenters. The van der Waals surface area contributed by atoms with Crippen molar-refractivity contribution in [3.8, 4) is 0 Å². The molecule has 0 radical (unpaired) electrons. The highest BCUT2D eigenvalue weighted by atomic mass is 15.3. The topological polar surface area (TPSA) is 18.5 Å². The summed E-state index contributed by atoms with van der Waals surface area (Å²) in [5.74, 6) is 1.71. The van der Waals surface area contributed by atoms with E-state index in [4.69, 9.17) is 0 Å². The summed E-state index contributed by atoms with van der Waals surface area (Å²) in [6.45, 7) is 13.4. The van der Waals surface area contributed by atoms with Gasteiger partial charge in [0.15, 0.2) is 0 Å². The third-order valence-corrected chi connectivity index (χ3v) is 5.07. The quantitative estimate of drug-likeness (QED) is 0.825. The molecule has 2 rings (SSSR count). The maximum atomic E-state index is 3.58. The standard InChI is InChI=1S/C15H31N3/c1-5-17-6-8-18(9-7-17)15-13(3)10-12(2)11-14(15)16-4/h12-16H,5-11H2,1-4H3. The Bertz CT molecular complexity index is 248. The molecular formula is C15H31N3. The van der Waals surface area contributed by atoms with Crippen molar-refractivity contribution in [2.75, 3.05) is 39.8 Å². The van der Waals surface area contributed by atoms with Gasteiger partial charge < -0.3 is 10.2 Å². The average Bonchev–Trinajstić information content (AvgIpc) is 2.38. The van der Waals surface area contributed by atoms with Crippen LogP contribution in [0.5, 0.6) is 0 Å². The van der Waals surface area contributed by atoms with Gasteiger partial charge in [-0.2, -0.15) is 0 Å². The van der Waals surface area contributed by atoms with Crippen molar-refractivity contribution in [3.05, 3.63) is 0 Å². The van der Waals surface area contributed by atoms with Crippen LogP contribution in [0.15, 0.2) is 0 Å². The van der Waals surface area contributed by atoms with E-state index in [1.54, 1.807) is 0 Å². The molecule has 18 heavy (non-hydrogen) atoms. The Morgan fingerprint density at radius 2 is 1.72 bits per heavy atom. The molecule has 1 saturated carbocycles. The summed E-state index contributed by atoms with van der Waals surface area (Å²) in [4.78, 5) is 5.32. The molecule has 1 N–H and O–H groups in total. The van der Waals surface area contributed by atoms with Gasteiger partial charge in [0, 0.05) is 38.3 Å². The van der Waals surface area contributed by atoms with Crippen LogP contribution >= 0.6 is 0 Å². The minimum Gasteiger partial charge on any atom is -0.315 e. The van der Waals surface area contributed by atoms with Gasteiger partial charge in [0.1, 0.15) is 0 Å². The van der Waals surface area contributed by atoms with E-state index in [0.717, 1.165) is 17.9 Å². The molecule has 3 nitrogen and oxygen atoms in total. The van der Waals surface area contributed by atoms with E-state index in [1.807, 2.05) is 0 Å².